The first-order valence-corrected chi connectivity index (χ1v) is 9.64. The number of nitrogens with one attached hydrogen (secondary N) is 2. The summed E-state index contributed by atoms with van der Waals surface area (Å²) in [5.74, 6) is -0.446. The highest BCUT2D eigenvalue weighted by Crippen LogP contribution is 2.28. The molecule has 0 spiro atoms. The summed E-state index contributed by atoms with van der Waals surface area (Å²) >= 11 is 6.31. The minimum absolute atomic E-state index is 0.135. The smallest absolute Gasteiger partial charge is 0.274 e. The molecule has 2 rings (SSSR count). The molecule has 10 heteroatoms. The number of anilines is 2. The lowest BCUT2D eigenvalue weighted by atomic mass is 10.2. The van der Waals surface area contributed by atoms with Crippen LogP contribution in [-0.4, -0.2) is 32.5 Å². The first-order chi connectivity index (χ1) is 12.4. The Labute approximate surface area is 157 Å². The molecule has 0 saturated carbocycles. The Morgan fingerprint density at radius 2 is 1.88 bits per heavy atom. The summed E-state index contributed by atoms with van der Waals surface area (Å²) in [6, 6.07) is 7.55. The van der Waals surface area contributed by atoms with Gasteiger partial charge >= 0.3 is 0 Å². The Balaban J connectivity index is 2.21. The van der Waals surface area contributed by atoms with E-state index in [0.29, 0.717) is 24.5 Å². The van der Waals surface area contributed by atoms with Crippen LogP contribution in [0.4, 0.5) is 11.4 Å². The molecule has 0 aliphatic heterocycles. The van der Waals surface area contributed by atoms with Gasteiger partial charge in [-0.05, 0) is 37.3 Å². The van der Waals surface area contributed by atoms with Crippen molar-refractivity contribution in [1.82, 2.24) is 15.2 Å². The van der Waals surface area contributed by atoms with Crippen LogP contribution in [0.3, 0.4) is 0 Å². The molecule has 0 fully saturated rings. The molecule has 1 amide bonds. The van der Waals surface area contributed by atoms with E-state index in [1.807, 2.05) is 0 Å². The molecule has 8 nitrogen and oxygen atoms in total. The van der Waals surface area contributed by atoms with Gasteiger partial charge in [-0.25, -0.2) is 18.6 Å². The van der Waals surface area contributed by atoms with E-state index < -0.39 is 15.9 Å². The van der Waals surface area contributed by atoms with Crippen LogP contribution in [0, 0.1) is 0 Å². The molecule has 1 aromatic carbocycles. The van der Waals surface area contributed by atoms with Crippen molar-refractivity contribution in [2.45, 2.75) is 18.7 Å². The Kier molecular flexibility index (Phi) is 6.92. The monoisotopic (exact) mass is 398 g/mol. The third-order valence-electron chi connectivity index (χ3n) is 3.23. The number of hydrogen-bond donors (Lipinski definition) is 2. The Hall–Kier alpha value is -2.20. The van der Waals surface area contributed by atoms with Gasteiger partial charge in [-0.3, -0.25) is 19.0 Å². The fourth-order valence-electron chi connectivity index (χ4n) is 2.03. The van der Waals surface area contributed by atoms with E-state index in [4.69, 9.17) is 16.6 Å². The van der Waals surface area contributed by atoms with Crippen LogP contribution in [0.5, 0.6) is 0 Å². The lowest BCUT2D eigenvalue weighted by Gasteiger charge is -2.16. The van der Waals surface area contributed by atoms with Gasteiger partial charge in [-0.2, -0.15) is 0 Å². The molecule has 1 aromatic heterocycles. The first kappa shape index (κ1) is 20.1. The number of carbonyl (C=O) groups excluding carboxylic acids is 1. The van der Waals surface area contributed by atoms with Crippen molar-refractivity contribution in [3.8, 4) is 0 Å². The number of aromatic nitrogens is 1. The third kappa shape index (κ3) is 4.92. The average Bonchev–Trinajstić information content (AvgIpc) is 2.65. The molecule has 0 aliphatic rings. The highest BCUT2D eigenvalue weighted by Gasteiger charge is 2.15. The number of sulfonamides is 1. The third-order valence-corrected chi connectivity index (χ3v) is 5.18. The van der Waals surface area contributed by atoms with E-state index in [-0.39, 0.29) is 10.5 Å². The molecular weight excluding hydrogens is 380 g/mol. The van der Waals surface area contributed by atoms with Gasteiger partial charge < -0.3 is 0 Å². The van der Waals surface area contributed by atoms with Gasteiger partial charge in [-0.1, -0.05) is 6.92 Å². The maximum atomic E-state index is 12.0. The number of amides is 1. The lowest BCUT2D eigenvalue weighted by molar-refractivity contribution is 0.0364. The Morgan fingerprint density at radius 1 is 1.19 bits per heavy atom. The number of carbonyl (C=O) groups is 1. The van der Waals surface area contributed by atoms with Gasteiger partial charge in [0.2, 0.25) is 10.0 Å². The van der Waals surface area contributed by atoms with Gasteiger partial charge in [0.25, 0.3) is 5.91 Å². The van der Waals surface area contributed by atoms with Crippen LogP contribution in [0.2, 0.25) is 0 Å². The van der Waals surface area contributed by atoms with Crippen LogP contribution in [0.15, 0.2) is 47.6 Å². The maximum Gasteiger partial charge on any atom is 0.276 e. The quantitative estimate of drug-likeness (QED) is 0.523. The van der Waals surface area contributed by atoms with Crippen LogP contribution in [-0.2, 0) is 14.9 Å². The number of pyridine rings is 1. The zero-order chi connectivity index (χ0) is 19.2. The second kappa shape index (κ2) is 8.95. The highest BCUT2D eigenvalue weighted by molar-refractivity contribution is 7.89. The largest absolute Gasteiger partial charge is 0.276 e. The summed E-state index contributed by atoms with van der Waals surface area (Å²) in [4.78, 5) is 20.9. The molecule has 0 aliphatic carbocycles. The van der Waals surface area contributed by atoms with E-state index in [2.05, 4.69) is 15.2 Å². The van der Waals surface area contributed by atoms with E-state index in [0.717, 1.165) is 0 Å². The van der Waals surface area contributed by atoms with E-state index >= 15 is 0 Å². The van der Waals surface area contributed by atoms with Crippen molar-refractivity contribution >= 4 is 39.1 Å². The minimum Gasteiger partial charge on any atom is -0.274 e. The zero-order valence-electron chi connectivity index (χ0n) is 14.3. The molecule has 26 heavy (non-hydrogen) atoms. The lowest BCUT2D eigenvalue weighted by Crippen LogP contribution is -2.24. The SMILES string of the molecule is CCNS(=O)(=O)c1ccc(N(Cl)c2cncc(C(=O)NOCC)c2)cc1. The maximum absolute atomic E-state index is 12.0. The van der Waals surface area contributed by atoms with Gasteiger partial charge in [0.1, 0.15) is 0 Å². The predicted octanol–water partition coefficient (Wildman–Crippen LogP) is 2.35. The van der Waals surface area contributed by atoms with Gasteiger partial charge in [-0.15, -0.1) is 0 Å². The molecule has 1 heterocycles. The minimum atomic E-state index is -3.54. The molecule has 0 saturated heterocycles. The van der Waals surface area contributed by atoms with Gasteiger partial charge in [0.05, 0.1) is 34.6 Å². The second-order valence-electron chi connectivity index (χ2n) is 5.07. The number of benzene rings is 1. The molecule has 0 unspecified atom stereocenters. The summed E-state index contributed by atoms with van der Waals surface area (Å²) in [7, 11) is -3.54. The summed E-state index contributed by atoms with van der Waals surface area (Å²) in [5, 5.41) is 0. The average molecular weight is 399 g/mol. The summed E-state index contributed by atoms with van der Waals surface area (Å²) in [6.07, 6.45) is 2.86. The fraction of sp³-hybridized carbons (Fsp3) is 0.250. The Morgan fingerprint density at radius 3 is 2.50 bits per heavy atom. The van der Waals surface area contributed by atoms with E-state index in [1.165, 1.54) is 35.0 Å². The first-order valence-electron chi connectivity index (χ1n) is 7.81. The van der Waals surface area contributed by atoms with E-state index in [1.54, 1.807) is 26.0 Å². The number of hydrogen-bond acceptors (Lipinski definition) is 6. The summed E-state index contributed by atoms with van der Waals surface area (Å²) < 4.78 is 27.6. The number of hydroxylamine groups is 1. The molecule has 2 N–H and O–H groups in total. The molecule has 2 aromatic rings. The zero-order valence-corrected chi connectivity index (χ0v) is 15.8. The van der Waals surface area contributed by atoms with Gasteiger partial charge in [0.15, 0.2) is 0 Å². The molecular formula is C16H19ClN4O4S. The molecule has 0 atom stereocenters. The molecule has 0 radical (unpaired) electrons. The summed E-state index contributed by atoms with van der Waals surface area (Å²) in [6.45, 7) is 4.08. The van der Waals surface area contributed by atoms with Crippen molar-refractivity contribution in [3.63, 3.8) is 0 Å². The van der Waals surface area contributed by atoms with Crippen LogP contribution in [0.25, 0.3) is 0 Å². The van der Waals surface area contributed by atoms with Crippen LogP contribution < -0.4 is 14.6 Å². The highest BCUT2D eigenvalue weighted by atomic mass is 35.5. The molecule has 0 bridgehead atoms. The number of halogens is 1. The summed E-state index contributed by atoms with van der Waals surface area (Å²) in [5.41, 5.74) is 3.51. The van der Waals surface area contributed by atoms with Crippen molar-refractivity contribution in [1.29, 1.82) is 0 Å². The fourth-order valence-corrected chi connectivity index (χ4v) is 3.28. The van der Waals surface area contributed by atoms with Crippen molar-refractivity contribution in [2.75, 3.05) is 17.6 Å². The van der Waals surface area contributed by atoms with Crippen LogP contribution in [0.1, 0.15) is 24.2 Å². The second-order valence-corrected chi connectivity index (χ2v) is 7.18. The van der Waals surface area contributed by atoms with Crippen molar-refractivity contribution in [3.05, 3.63) is 48.3 Å². The standard InChI is InChI=1S/C16H19ClN4O4S/c1-3-19-26(23,24)15-7-5-13(6-8-15)21(17)14-9-12(10-18-11-14)16(22)20-25-4-2/h5-11,19H,3-4H2,1-2H3,(H,20,22). The van der Waals surface area contributed by atoms with Gasteiger partial charge in [0, 0.05) is 24.5 Å². The van der Waals surface area contributed by atoms with Crippen molar-refractivity contribution < 1.29 is 18.0 Å². The van der Waals surface area contributed by atoms with Crippen LogP contribution >= 0.6 is 11.8 Å². The molecule has 140 valence electrons. The number of rotatable bonds is 8. The van der Waals surface area contributed by atoms with Crippen molar-refractivity contribution in [2.24, 2.45) is 0 Å². The Bertz CT molecular complexity index is 859. The topological polar surface area (TPSA) is 101 Å². The normalized spacial score (nSPS) is 11.2. The van der Waals surface area contributed by atoms with E-state index in [9.17, 15) is 13.2 Å². The predicted molar refractivity (Wildman–Crippen MR) is 98.6 cm³/mol. The number of nitrogens with zero attached hydrogens (tertiary/aromatic N) is 2.